The molecule has 0 atom stereocenters. The number of ether oxygens (including phenoxy) is 1. The van der Waals surface area contributed by atoms with Gasteiger partial charge in [-0.05, 0) is 43.3 Å². The molecule has 0 radical (unpaired) electrons. The fourth-order valence-electron chi connectivity index (χ4n) is 2.63. The zero-order valence-electron chi connectivity index (χ0n) is 14.7. The molecule has 27 heavy (non-hydrogen) atoms. The lowest BCUT2D eigenvalue weighted by molar-refractivity contribution is 0.413. The average molecular weight is 382 g/mol. The Morgan fingerprint density at radius 3 is 2.63 bits per heavy atom. The summed E-state index contributed by atoms with van der Waals surface area (Å²) in [6, 6.07) is 13.2. The second-order valence-corrected chi connectivity index (χ2v) is 6.29. The molecule has 0 saturated carbocycles. The van der Waals surface area contributed by atoms with Crippen molar-refractivity contribution in [1.82, 2.24) is 19.7 Å². The van der Waals surface area contributed by atoms with E-state index in [1.165, 1.54) is 0 Å². The minimum Gasteiger partial charge on any atom is -0.494 e. The third-order valence-corrected chi connectivity index (χ3v) is 4.19. The summed E-state index contributed by atoms with van der Waals surface area (Å²) in [6.07, 6.45) is 3.68. The zero-order valence-corrected chi connectivity index (χ0v) is 15.4. The largest absolute Gasteiger partial charge is 0.494 e. The molecular formula is C19H16ClN5O2. The summed E-state index contributed by atoms with van der Waals surface area (Å²) < 4.78 is 13.1. The predicted octanol–water partition coefficient (Wildman–Crippen LogP) is 4.64. The maximum atomic E-state index is 5.90. The Labute approximate surface area is 160 Å². The van der Waals surface area contributed by atoms with Crippen LogP contribution < -0.4 is 10.1 Å². The number of hydrogen-bond acceptors (Lipinski definition) is 6. The molecule has 2 heterocycles. The van der Waals surface area contributed by atoms with E-state index in [1.807, 2.05) is 48.0 Å². The Balaban J connectivity index is 1.57. The van der Waals surface area contributed by atoms with Crippen LogP contribution in [0.25, 0.3) is 17.1 Å². The van der Waals surface area contributed by atoms with Gasteiger partial charge in [-0.1, -0.05) is 16.7 Å². The molecule has 0 saturated heterocycles. The van der Waals surface area contributed by atoms with Crippen LogP contribution >= 0.6 is 11.6 Å². The van der Waals surface area contributed by atoms with Gasteiger partial charge in [0.1, 0.15) is 5.75 Å². The van der Waals surface area contributed by atoms with Crippen LogP contribution in [0, 0.1) is 6.92 Å². The Kier molecular flexibility index (Phi) is 4.52. The van der Waals surface area contributed by atoms with Crippen LogP contribution in [-0.4, -0.2) is 26.9 Å². The van der Waals surface area contributed by atoms with E-state index in [0.29, 0.717) is 16.7 Å². The average Bonchev–Trinajstić information content (AvgIpc) is 3.31. The van der Waals surface area contributed by atoms with E-state index in [1.54, 1.807) is 25.6 Å². The van der Waals surface area contributed by atoms with Crippen molar-refractivity contribution in [3.63, 3.8) is 0 Å². The van der Waals surface area contributed by atoms with E-state index in [-0.39, 0.29) is 6.01 Å². The Morgan fingerprint density at radius 1 is 1.11 bits per heavy atom. The number of nitrogens with zero attached hydrogens (tertiary/aromatic N) is 4. The second-order valence-electron chi connectivity index (χ2n) is 5.85. The number of anilines is 2. The van der Waals surface area contributed by atoms with Gasteiger partial charge >= 0.3 is 6.01 Å². The van der Waals surface area contributed by atoms with E-state index in [0.717, 1.165) is 22.6 Å². The highest BCUT2D eigenvalue weighted by Gasteiger charge is 2.11. The number of methoxy groups -OCH3 is 1. The van der Waals surface area contributed by atoms with Gasteiger partial charge in [0.2, 0.25) is 5.89 Å². The smallest absolute Gasteiger partial charge is 0.320 e. The molecule has 1 N–H and O–H groups in total. The molecule has 8 heteroatoms. The van der Waals surface area contributed by atoms with E-state index < -0.39 is 0 Å². The van der Waals surface area contributed by atoms with E-state index in [2.05, 4.69) is 20.5 Å². The first-order chi connectivity index (χ1) is 13.1. The Hall–Kier alpha value is -3.32. The molecule has 0 amide bonds. The third-order valence-electron chi connectivity index (χ3n) is 3.94. The maximum absolute atomic E-state index is 5.90. The number of aromatic nitrogens is 4. The van der Waals surface area contributed by atoms with Crippen LogP contribution in [0.3, 0.4) is 0 Å². The summed E-state index contributed by atoms with van der Waals surface area (Å²) in [6.45, 7) is 1.94. The minimum atomic E-state index is 0.285. The predicted molar refractivity (Wildman–Crippen MR) is 103 cm³/mol. The lowest BCUT2D eigenvalue weighted by Crippen LogP contribution is -1.98. The van der Waals surface area contributed by atoms with Crippen LogP contribution in [-0.2, 0) is 0 Å². The van der Waals surface area contributed by atoms with Crippen molar-refractivity contribution in [2.24, 2.45) is 0 Å². The Bertz CT molecular complexity index is 1070. The Morgan fingerprint density at radius 2 is 1.93 bits per heavy atom. The summed E-state index contributed by atoms with van der Waals surface area (Å²) >= 11 is 5.90. The number of nitrogens with one attached hydrogen (secondary N) is 1. The standard InChI is InChI=1S/C19H16ClN5O2/c1-12-10-25(11-21-12)16-8-7-15(9-17(16)26-2)22-19-24-23-18(27-19)13-3-5-14(20)6-4-13/h3-11H,1-2H3,(H,22,24). The van der Waals surface area contributed by atoms with E-state index >= 15 is 0 Å². The van der Waals surface area contributed by atoms with Crippen molar-refractivity contribution >= 4 is 23.3 Å². The van der Waals surface area contributed by atoms with Crippen LogP contribution in [0.15, 0.2) is 59.4 Å². The molecule has 4 aromatic rings. The second kappa shape index (κ2) is 7.13. The molecule has 0 unspecified atom stereocenters. The topological polar surface area (TPSA) is 78.0 Å². The van der Waals surface area contributed by atoms with Gasteiger partial charge in [0, 0.05) is 28.5 Å². The first-order valence-corrected chi connectivity index (χ1v) is 8.55. The molecule has 0 fully saturated rings. The highest BCUT2D eigenvalue weighted by atomic mass is 35.5. The highest BCUT2D eigenvalue weighted by Crippen LogP contribution is 2.29. The lowest BCUT2D eigenvalue weighted by atomic mass is 10.2. The fourth-order valence-corrected chi connectivity index (χ4v) is 2.75. The molecule has 2 aromatic heterocycles. The van der Waals surface area contributed by atoms with Gasteiger partial charge in [0.15, 0.2) is 0 Å². The van der Waals surface area contributed by atoms with Crippen molar-refractivity contribution in [1.29, 1.82) is 0 Å². The fraction of sp³-hybridized carbons (Fsp3) is 0.105. The lowest BCUT2D eigenvalue weighted by Gasteiger charge is -2.11. The monoisotopic (exact) mass is 381 g/mol. The quantitative estimate of drug-likeness (QED) is 0.542. The van der Waals surface area contributed by atoms with Crippen molar-refractivity contribution in [2.45, 2.75) is 6.92 Å². The third kappa shape index (κ3) is 3.63. The van der Waals surface area contributed by atoms with Gasteiger partial charge in [-0.25, -0.2) is 4.98 Å². The van der Waals surface area contributed by atoms with Gasteiger partial charge in [-0.2, -0.15) is 0 Å². The van der Waals surface area contributed by atoms with E-state index in [4.69, 9.17) is 20.8 Å². The number of rotatable bonds is 5. The first kappa shape index (κ1) is 17.1. The molecule has 2 aromatic carbocycles. The number of benzene rings is 2. The van der Waals surface area contributed by atoms with E-state index in [9.17, 15) is 0 Å². The van der Waals surface area contributed by atoms with Crippen molar-refractivity contribution < 1.29 is 9.15 Å². The summed E-state index contributed by atoms with van der Waals surface area (Å²) in [5, 5.41) is 11.8. The van der Waals surface area contributed by atoms with Gasteiger partial charge in [0.25, 0.3) is 0 Å². The molecule has 0 aliphatic heterocycles. The molecule has 136 valence electrons. The molecular weight excluding hydrogens is 366 g/mol. The number of hydrogen-bond donors (Lipinski definition) is 1. The summed E-state index contributed by atoms with van der Waals surface area (Å²) in [7, 11) is 1.62. The zero-order chi connectivity index (χ0) is 18.8. The molecule has 4 rings (SSSR count). The minimum absolute atomic E-state index is 0.285. The summed E-state index contributed by atoms with van der Waals surface area (Å²) in [4.78, 5) is 4.25. The molecule has 0 aliphatic carbocycles. The molecule has 7 nitrogen and oxygen atoms in total. The maximum Gasteiger partial charge on any atom is 0.320 e. The first-order valence-electron chi connectivity index (χ1n) is 8.18. The summed E-state index contributed by atoms with van der Waals surface area (Å²) in [5.74, 6) is 1.10. The summed E-state index contributed by atoms with van der Waals surface area (Å²) in [5.41, 5.74) is 3.37. The number of imidazole rings is 1. The molecule has 0 bridgehead atoms. The highest BCUT2D eigenvalue weighted by molar-refractivity contribution is 6.30. The normalized spacial score (nSPS) is 10.8. The number of halogens is 1. The van der Waals surface area contributed by atoms with Gasteiger partial charge < -0.3 is 19.0 Å². The van der Waals surface area contributed by atoms with Crippen molar-refractivity contribution in [3.05, 3.63) is 65.7 Å². The number of aryl methyl sites for hydroxylation is 1. The van der Waals surface area contributed by atoms with Crippen molar-refractivity contribution in [3.8, 4) is 22.9 Å². The van der Waals surface area contributed by atoms with Gasteiger partial charge in [-0.3, -0.25) is 0 Å². The van der Waals surface area contributed by atoms with Crippen LogP contribution in [0.2, 0.25) is 5.02 Å². The van der Waals surface area contributed by atoms with Gasteiger partial charge in [0.05, 0.1) is 24.8 Å². The van der Waals surface area contributed by atoms with Crippen LogP contribution in [0.5, 0.6) is 5.75 Å². The molecule has 0 aliphatic rings. The SMILES string of the molecule is COc1cc(Nc2nnc(-c3ccc(Cl)cc3)o2)ccc1-n1cnc(C)c1. The van der Waals surface area contributed by atoms with Gasteiger partial charge in [-0.15, -0.1) is 5.10 Å². The van der Waals surface area contributed by atoms with Crippen LogP contribution in [0.4, 0.5) is 11.7 Å². The van der Waals surface area contributed by atoms with Crippen molar-refractivity contribution in [2.75, 3.05) is 12.4 Å². The van der Waals surface area contributed by atoms with Crippen LogP contribution in [0.1, 0.15) is 5.69 Å². The molecule has 0 spiro atoms.